The highest BCUT2D eigenvalue weighted by atomic mass is 79.9. The Labute approximate surface area is 123 Å². The van der Waals surface area contributed by atoms with Gasteiger partial charge in [0, 0.05) is 13.7 Å². The number of unbranched alkanes of at least 4 members (excludes halogenated alkanes) is 1. The van der Waals surface area contributed by atoms with Gasteiger partial charge < -0.3 is 19.5 Å². The van der Waals surface area contributed by atoms with E-state index < -0.39 is 0 Å². The van der Waals surface area contributed by atoms with E-state index in [2.05, 4.69) is 21.2 Å². The first-order valence-corrected chi connectivity index (χ1v) is 7.24. The maximum absolute atomic E-state index is 5.76. The van der Waals surface area contributed by atoms with Gasteiger partial charge in [-0.15, -0.1) is 0 Å². The first-order valence-electron chi connectivity index (χ1n) is 6.44. The van der Waals surface area contributed by atoms with Gasteiger partial charge in [-0.2, -0.15) is 0 Å². The number of nitrogens with one attached hydrogen (secondary N) is 1. The number of methoxy groups -OCH3 is 2. The van der Waals surface area contributed by atoms with Crippen molar-refractivity contribution in [3.63, 3.8) is 0 Å². The number of hydrogen-bond donors (Lipinski definition) is 1. The molecule has 0 aromatic heterocycles. The van der Waals surface area contributed by atoms with Gasteiger partial charge in [-0.25, -0.2) is 0 Å². The molecule has 0 aliphatic carbocycles. The summed E-state index contributed by atoms with van der Waals surface area (Å²) in [6.45, 7) is 3.32. The quantitative estimate of drug-likeness (QED) is 0.669. The van der Waals surface area contributed by atoms with Gasteiger partial charge in [0.25, 0.3) is 0 Å². The summed E-state index contributed by atoms with van der Waals surface area (Å²) in [7, 11) is 3.36. The van der Waals surface area contributed by atoms with E-state index in [1.807, 2.05) is 18.2 Å². The fraction of sp³-hybridized carbons (Fsp3) is 0.571. The Morgan fingerprint density at radius 2 is 1.95 bits per heavy atom. The lowest BCUT2D eigenvalue weighted by atomic mass is 10.3. The van der Waals surface area contributed by atoms with Crippen LogP contribution in [0.1, 0.15) is 12.8 Å². The van der Waals surface area contributed by atoms with Crippen molar-refractivity contribution in [2.75, 3.05) is 40.5 Å². The molecule has 0 aliphatic rings. The molecule has 4 nitrogen and oxygen atoms in total. The van der Waals surface area contributed by atoms with Crippen LogP contribution in [0.4, 0.5) is 0 Å². The fourth-order valence-electron chi connectivity index (χ4n) is 1.62. The summed E-state index contributed by atoms with van der Waals surface area (Å²) in [5, 5.41) is 3.30. The highest BCUT2D eigenvalue weighted by molar-refractivity contribution is 9.10. The van der Waals surface area contributed by atoms with Crippen LogP contribution in [0.5, 0.6) is 11.5 Å². The molecule has 0 saturated carbocycles. The van der Waals surface area contributed by atoms with Crippen molar-refractivity contribution >= 4 is 15.9 Å². The van der Waals surface area contributed by atoms with Gasteiger partial charge in [-0.3, -0.25) is 0 Å². The van der Waals surface area contributed by atoms with E-state index in [4.69, 9.17) is 14.2 Å². The zero-order valence-corrected chi connectivity index (χ0v) is 13.2. The average Bonchev–Trinajstić information content (AvgIpc) is 2.43. The van der Waals surface area contributed by atoms with Crippen LogP contribution in [0, 0.1) is 0 Å². The molecule has 108 valence electrons. The van der Waals surface area contributed by atoms with E-state index in [1.54, 1.807) is 14.2 Å². The van der Waals surface area contributed by atoms with Crippen molar-refractivity contribution < 1.29 is 14.2 Å². The normalized spacial score (nSPS) is 10.5. The Balaban J connectivity index is 2.19. The number of benzene rings is 1. The fourth-order valence-corrected chi connectivity index (χ4v) is 2.08. The van der Waals surface area contributed by atoms with Gasteiger partial charge in [-0.1, -0.05) is 6.07 Å². The summed E-state index contributed by atoms with van der Waals surface area (Å²) in [5.74, 6) is 1.53. The Morgan fingerprint density at radius 3 is 2.68 bits per heavy atom. The molecule has 0 saturated heterocycles. The molecular formula is C14H22BrNO3. The summed E-state index contributed by atoms with van der Waals surface area (Å²) >= 11 is 3.47. The van der Waals surface area contributed by atoms with E-state index >= 15 is 0 Å². The molecule has 0 heterocycles. The monoisotopic (exact) mass is 331 g/mol. The number of ether oxygens (including phenoxy) is 3. The van der Waals surface area contributed by atoms with Gasteiger partial charge in [-0.05, 0) is 47.4 Å². The molecule has 5 heteroatoms. The SMILES string of the molecule is COCCNCCCCOc1c(Br)cccc1OC. The van der Waals surface area contributed by atoms with Crippen LogP contribution in [0.15, 0.2) is 22.7 Å². The van der Waals surface area contributed by atoms with E-state index in [-0.39, 0.29) is 0 Å². The second-order valence-electron chi connectivity index (χ2n) is 4.07. The van der Waals surface area contributed by atoms with Crippen LogP contribution in [-0.4, -0.2) is 40.5 Å². The van der Waals surface area contributed by atoms with Gasteiger partial charge >= 0.3 is 0 Å². The van der Waals surface area contributed by atoms with Crippen LogP contribution >= 0.6 is 15.9 Å². The molecule has 0 bridgehead atoms. The predicted molar refractivity (Wildman–Crippen MR) is 80.2 cm³/mol. The zero-order valence-electron chi connectivity index (χ0n) is 11.6. The van der Waals surface area contributed by atoms with Crippen LogP contribution < -0.4 is 14.8 Å². The van der Waals surface area contributed by atoms with E-state index in [0.717, 1.165) is 48.5 Å². The third-order valence-electron chi connectivity index (χ3n) is 2.63. The lowest BCUT2D eigenvalue weighted by molar-refractivity contribution is 0.199. The minimum Gasteiger partial charge on any atom is -0.493 e. The molecular weight excluding hydrogens is 310 g/mol. The number of rotatable bonds is 10. The molecule has 0 radical (unpaired) electrons. The predicted octanol–water partition coefficient (Wildman–Crippen LogP) is 2.85. The smallest absolute Gasteiger partial charge is 0.175 e. The van der Waals surface area contributed by atoms with Gasteiger partial charge in [0.2, 0.25) is 0 Å². The topological polar surface area (TPSA) is 39.7 Å². The summed E-state index contributed by atoms with van der Waals surface area (Å²) < 4.78 is 16.9. The van der Waals surface area contributed by atoms with Gasteiger partial charge in [0.05, 0.1) is 24.8 Å². The highest BCUT2D eigenvalue weighted by Gasteiger charge is 2.07. The summed E-state index contributed by atoms with van der Waals surface area (Å²) in [6.07, 6.45) is 2.08. The van der Waals surface area contributed by atoms with Crippen LogP contribution in [0.3, 0.4) is 0 Å². The third-order valence-corrected chi connectivity index (χ3v) is 3.25. The Hall–Kier alpha value is -0.780. The van der Waals surface area contributed by atoms with Crippen molar-refractivity contribution in [2.24, 2.45) is 0 Å². The molecule has 0 aliphatic heterocycles. The molecule has 19 heavy (non-hydrogen) atoms. The molecule has 1 aromatic carbocycles. The maximum Gasteiger partial charge on any atom is 0.175 e. The van der Waals surface area contributed by atoms with Crippen molar-refractivity contribution in [1.82, 2.24) is 5.32 Å². The first-order chi connectivity index (χ1) is 9.29. The van der Waals surface area contributed by atoms with Crippen LogP contribution in [0.25, 0.3) is 0 Å². The summed E-state index contributed by atoms with van der Waals surface area (Å²) in [6, 6.07) is 5.77. The molecule has 1 N–H and O–H groups in total. The van der Waals surface area contributed by atoms with Crippen molar-refractivity contribution in [1.29, 1.82) is 0 Å². The Bertz CT molecular complexity index is 361. The second kappa shape index (κ2) is 10.1. The minimum absolute atomic E-state index is 0.685. The molecule has 0 spiro atoms. The number of para-hydroxylation sites is 1. The van der Waals surface area contributed by atoms with E-state index in [1.165, 1.54) is 0 Å². The third kappa shape index (κ3) is 6.27. The molecule has 0 unspecified atom stereocenters. The van der Waals surface area contributed by atoms with Crippen LogP contribution in [0.2, 0.25) is 0 Å². The largest absolute Gasteiger partial charge is 0.493 e. The molecule has 0 amide bonds. The van der Waals surface area contributed by atoms with Crippen molar-refractivity contribution in [3.8, 4) is 11.5 Å². The lowest BCUT2D eigenvalue weighted by Gasteiger charge is -2.12. The zero-order chi connectivity index (χ0) is 13.9. The average molecular weight is 332 g/mol. The van der Waals surface area contributed by atoms with E-state index in [9.17, 15) is 0 Å². The first kappa shape index (κ1) is 16.3. The van der Waals surface area contributed by atoms with Gasteiger partial charge in [0.15, 0.2) is 11.5 Å². The number of hydrogen-bond acceptors (Lipinski definition) is 4. The highest BCUT2D eigenvalue weighted by Crippen LogP contribution is 2.34. The standard InChI is InChI=1S/C14H22BrNO3/c1-17-11-9-16-8-3-4-10-19-14-12(15)6-5-7-13(14)18-2/h5-7,16H,3-4,8-11H2,1-2H3. The molecule has 1 rings (SSSR count). The number of halogens is 1. The van der Waals surface area contributed by atoms with Crippen molar-refractivity contribution in [3.05, 3.63) is 22.7 Å². The maximum atomic E-state index is 5.76. The summed E-state index contributed by atoms with van der Waals surface area (Å²) in [5.41, 5.74) is 0. The summed E-state index contributed by atoms with van der Waals surface area (Å²) in [4.78, 5) is 0. The minimum atomic E-state index is 0.685. The lowest BCUT2D eigenvalue weighted by Crippen LogP contribution is -2.20. The second-order valence-corrected chi connectivity index (χ2v) is 4.92. The Kier molecular flexibility index (Phi) is 8.62. The van der Waals surface area contributed by atoms with Crippen LogP contribution in [-0.2, 0) is 4.74 Å². The van der Waals surface area contributed by atoms with Gasteiger partial charge in [0.1, 0.15) is 0 Å². The van der Waals surface area contributed by atoms with E-state index in [0.29, 0.717) is 6.61 Å². The Morgan fingerprint density at radius 1 is 1.11 bits per heavy atom. The molecule has 1 aromatic rings. The van der Waals surface area contributed by atoms with Crippen molar-refractivity contribution in [2.45, 2.75) is 12.8 Å². The molecule has 0 fully saturated rings. The molecule has 0 atom stereocenters.